The summed E-state index contributed by atoms with van der Waals surface area (Å²) in [4.78, 5) is 43.3. The number of likely N-dealkylation sites (tertiary alicyclic amines) is 1. The van der Waals surface area contributed by atoms with Crippen LogP contribution in [0.25, 0.3) is 10.8 Å². The maximum Gasteiger partial charge on any atom is 0.248 e. The zero-order valence-corrected chi connectivity index (χ0v) is 22.0. The van der Waals surface area contributed by atoms with E-state index < -0.39 is 28.7 Å². The standard InChI is InChI=1S/C30H31N3O4S/c1-2-22(17-34)33-26(28(36)32-21-13-12-18-8-6-7-9-19(18)16-21)30-15-14-23(38-30)24(25(30)29(33)37)27(35)31-20-10-4-3-5-11-20/h3-13,16,22-26,34H,2,14-15,17H2,1H3,(H,31,35)(H,32,36)/t22-,23+,24-,25-,26?,30?/m0/s1. The van der Waals surface area contributed by atoms with Crippen LogP contribution in [0.2, 0.25) is 0 Å². The van der Waals surface area contributed by atoms with E-state index in [2.05, 4.69) is 10.6 Å². The predicted molar refractivity (Wildman–Crippen MR) is 150 cm³/mol. The minimum absolute atomic E-state index is 0.0278. The first-order chi connectivity index (χ1) is 18.5. The number of para-hydroxylation sites is 1. The Morgan fingerprint density at radius 1 is 1.00 bits per heavy atom. The van der Waals surface area contributed by atoms with Gasteiger partial charge in [0, 0.05) is 16.6 Å². The Balaban J connectivity index is 1.34. The average molecular weight is 530 g/mol. The molecule has 3 aromatic rings. The van der Waals surface area contributed by atoms with E-state index in [1.54, 1.807) is 16.7 Å². The number of nitrogens with one attached hydrogen (secondary N) is 2. The van der Waals surface area contributed by atoms with Gasteiger partial charge in [0.1, 0.15) is 6.04 Å². The molecule has 3 saturated heterocycles. The smallest absolute Gasteiger partial charge is 0.248 e. The van der Waals surface area contributed by atoms with Gasteiger partial charge in [-0.25, -0.2) is 0 Å². The molecule has 3 aliphatic rings. The number of aliphatic hydroxyl groups is 1. The highest BCUT2D eigenvalue weighted by Crippen LogP contribution is 2.66. The van der Waals surface area contributed by atoms with Crippen LogP contribution in [0.3, 0.4) is 0 Å². The molecule has 6 atom stereocenters. The summed E-state index contributed by atoms with van der Waals surface area (Å²) in [7, 11) is 0. The van der Waals surface area contributed by atoms with Gasteiger partial charge in [-0.3, -0.25) is 14.4 Å². The number of hydrogen-bond donors (Lipinski definition) is 3. The van der Waals surface area contributed by atoms with E-state index in [9.17, 15) is 19.5 Å². The first-order valence-corrected chi connectivity index (χ1v) is 14.1. The Kier molecular flexibility index (Phi) is 6.40. The highest BCUT2D eigenvalue weighted by Gasteiger charge is 2.74. The molecule has 3 N–H and O–H groups in total. The molecule has 3 heterocycles. The lowest BCUT2D eigenvalue weighted by atomic mass is 9.70. The number of fused-ring (bicyclic) bond motifs is 2. The zero-order valence-electron chi connectivity index (χ0n) is 21.2. The maximum absolute atomic E-state index is 14.1. The highest BCUT2D eigenvalue weighted by atomic mass is 32.2. The van der Waals surface area contributed by atoms with Gasteiger partial charge < -0.3 is 20.6 Å². The SMILES string of the molecule is CC[C@@H](CO)N1C(=O)[C@@H]2[C@@H](C(=O)Nc3ccccc3)[C@H]3CCC2(S3)C1C(=O)Nc1ccc2ccccc2c1. The summed E-state index contributed by atoms with van der Waals surface area (Å²) in [6.45, 7) is 1.67. The second kappa shape index (κ2) is 9.75. The van der Waals surface area contributed by atoms with E-state index >= 15 is 0 Å². The molecule has 38 heavy (non-hydrogen) atoms. The molecule has 0 aliphatic carbocycles. The van der Waals surface area contributed by atoms with Crippen LogP contribution in [-0.2, 0) is 14.4 Å². The molecule has 2 bridgehead atoms. The van der Waals surface area contributed by atoms with Gasteiger partial charge in [-0.15, -0.1) is 11.8 Å². The Morgan fingerprint density at radius 3 is 2.45 bits per heavy atom. The maximum atomic E-state index is 14.1. The van der Waals surface area contributed by atoms with Crippen LogP contribution in [0.4, 0.5) is 11.4 Å². The predicted octanol–water partition coefficient (Wildman–Crippen LogP) is 4.28. The molecule has 6 rings (SSSR count). The lowest BCUT2D eigenvalue weighted by molar-refractivity contribution is -0.141. The van der Waals surface area contributed by atoms with E-state index in [1.807, 2.05) is 79.7 Å². The Labute approximate surface area is 226 Å². The largest absolute Gasteiger partial charge is 0.394 e. The van der Waals surface area contributed by atoms with Gasteiger partial charge in [0.2, 0.25) is 17.7 Å². The minimum Gasteiger partial charge on any atom is -0.394 e. The first kappa shape index (κ1) is 24.9. The molecule has 3 fully saturated rings. The van der Waals surface area contributed by atoms with Crippen LogP contribution in [0.15, 0.2) is 72.8 Å². The lowest BCUT2D eigenvalue weighted by Gasteiger charge is -2.36. The van der Waals surface area contributed by atoms with Crippen molar-refractivity contribution in [1.82, 2.24) is 4.90 Å². The van der Waals surface area contributed by atoms with Crippen LogP contribution < -0.4 is 10.6 Å². The van der Waals surface area contributed by atoms with Crippen LogP contribution in [0.5, 0.6) is 0 Å². The van der Waals surface area contributed by atoms with Crippen LogP contribution in [-0.4, -0.2) is 56.4 Å². The van der Waals surface area contributed by atoms with Crippen molar-refractivity contribution in [3.05, 3.63) is 72.8 Å². The Morgan fingerprint density at radius 2 is 1.71 bits per heavy atom. The van der Waals surface area contributed by atoms with E-state index in [4.69, 9.17) is 0 Å². The van der Waals surface area contributed by atoms with Gasteiger partial charge in [0.15, 0.2) is 0 Å². The van der Waals surface area contributed by atoms with Crippen LogP contribution >= 0.6 is 11.8 Å². The van der Waals surface area contributed by atoms with Crippen molar-refractivity contribution in [2.45, 2.75) is 48.3 Å². The average Bonchev–Trinajstić information content (AvgIpc) is 3.57. The summed E-state index contributed by atoms with van der Waals surface area (Å²) in [5.74, 6) is -1.78. The summed E-state index contributed by atoms with van der Waals surface area (Å²) in [5.41, 5.74) is 1.35. The molecule has 0 aromatic heterocycles. The van der Waals surface area contributed by atoms with Gasteiger partial charge in [0.05, 0.1) is 29.2 Å². The summed E-state index contributed by atoms with van der Waals surface area (Å²) < 4.78 is -0.704. The van der Waals surface area contributed by atoms with Crippen molar-refractivity contribution >= 4 is 51.6 Å². The second-order valence-corrected chi connectivity index (χ2v) is 12.1. The monoisotopic (exact) mass is 529 g/mol. The molecule has 2 unspecified atom stereocenters. The van der Waals surface area contributed by atoms with Gasteiger partial charge >= 0.3 is 0 Å². The number of hydrogen-bond acceptors (Lipinski definition) is 5. The topological polar surface area (TPSA) is 98.7 Å². The number of carbonyl (C=O) groups excluding carboxylic acids is 3. The molecule has 3 aromatic carbocycles. The fraction of sp³-hybridized carbons (Fsp3) is 0.367. The number of benzene rings is 3. The van der Waals surface area contributed by atoms with Crippen molar-refractivity contribution in [2.75, 3.05) is 17.2 Å². The van der Waals surface area contributed by atoms with Crippen molar-refractivity contribution in [1.29, 1.82) is 0 Å². The first-order valence-electron chi connectivity index (χ1n) is 13.2. The van der Waals surface area contributed by atoms with Crippen molar-refractivity contribution in [2.24, 2.45) is 11.8 Å². The zero-order chi connectivity index (χ0) is 26.4. The third-order valence-electron chi connectivity index (χ3n) is 8.42. The molecule has 7 nitrogen and oxygen atoms in total. The fourth-order valence-corrected chi connectivity index (χ4v) is 8.93. The molecule has 196 valence electrons. The third-order valence-corrected chi connectivity index (χ3v) is 10.4. The number of anilines is 2. The molecule has 8 heteroatoms. The van der Waals surface area contributed by atoms with Crippen LogP contribution in [0, 0.1) is 11.8 Å². The summed E-state index contributed by atoms with van der Waals surface area (Å²) in [6, 6.07) is 21.7. The highest BCUT2D eigenvalue weighted by molar-refractivity contribution is 8.02. The van der Waals surface area contributed by atoms with E-state index in [-0.39, 0.29) is 29.6 Å². The molecular weight excluding hydrogens is 498 g/mol. The van der Waals surface area contributed by atoms with Gasteiger partial charge in [-0.05, 0) is 54.3 Å². The quantitative estimate of drug-likeness (QED) is 0.424. The Bertz CT molecular complexity index is 1390. The number of amides is 3. The van der Waals surface area contributed by atoms with Crippen molar-refractivity contribution in [3.8, 4) is 0 Å². The number of aliphatic hydroxyl groups excluding tert-OH is 1. The minimum atomic E-state index is -0.770. The second-order valence-electron chi connectivity index (χ2n) is 10.5. The van der Waals surface area contributed by atoms with Gasteiger partial charge in [-0.2, -0.15) is 0 Å². The summed E-state index contributed by atoms with van der Waals surface area (Å²) in [6.07, 6.45) is 1.96. The van der Waals surface area contributed by atoms with Crippen LogP contribution in [0.1, 0.15) is 26.2 Å². The van der Waals surface area contributed by atoms with Crippen molar-refractivity contribution < 1.29 is 19.5 Å². The van der Waals surface area contributed by atoms with Gasteiger partial charge in [0.25, 0.3) is 0 Å². The number of carbonyl (C=O) groups is 3. The molecular formula is C30H31N3O4S. The molecule has 1 spiro atoms. The number of thioether (sulfide) groups is 1. The van der Waals surface area contributed by atoms with E-state index in [1.165, 1.54) is 0 Å². The van der Waals surface area contributed by atoms with Crippen molar-refractivity contribution in [3.63, 3.8) is 0 Å². The normalized spacial score (nSPS) is 28.4. The Hall–Kier alpha value is -3.36. The number of nitrogens with zero attached hydrogens (tertiary/aromatic N) is 1. The van der Waals surface area contributed by atoms with E-state index in [0.717, 1.165) is 17.2 Å². The fourth-order valence-electron chi connectivity index (χ4n) is 6.72. The van der Waals surface area contributed by atoms with Gasteiger partial charge in [-0.1, -0.05) is 55.5 Å². The summed E-state index contributed by atoms with van der Waals surface area (Å²) in [5, 5.41) is 18.3. The number of rotatable bonds is 7. The lowest BCUT2D eigenvalue weighted by Crippen LogP contribution is -2.54. The van der Waals surface area contributed by atoms with E-state index in [0.29, 0.717) is 24.2 Å². The third kappa shape index (κ3) is 3.89. The summed E-state index contributed by atoms with van der Waals surface area (Å²) >= 11 is 1.63. The molecule has 3 amide bonds. The molecule has 0 saturated carbocycles. The molecule has 0 radical (unpaired) electrons. The molecule has 3 aliphatic heterocycles.